The fraction of sp³-hybridized carbons (Fsp3) is 0.842. The summed E-state index contributed by atoms with van der Waals surface area (Å²) >= 11 is 0. The highest BCUT2D eigenvalue weighted by atomic mass is 16.4. The summed E-state index contributed by atoms with van der Waals surface area (Å²) in [6.45, 7) is 9.91. The van der Waals surface area contributed by atoms with Crippen LogP contribution in [-0.2, 0) is 4.79 Å². The average Bonchev–Trinajstić information content (AvgIpc) is 2.45. The zero-order valence-corrected chi connectivity index (χ0v) is 14.7. The molecule has 0 radical (unpaired) electrons. The van der Waals surface area contributed by atoms with Crippen LogP contribution in [0.15, 0.2) is 12.7 Å². The van der Waals surface area contributed by atoms with Crippen LogP contribution in [0.5, 0.6) is 0 Å². The molecule has 0 aromatic carbocycles. The molecule has 0 amide bonds. The van der Waals surface area contributed by atoms with E-state index in [-0.39, 0.29) is 0 Å². The fourth-order valence-electron chi connectivity index (χ4n) is 2.22. The predicted octanol–water partition coefficient (Wildman–Crippen LogP) is 6.60. The smallest absolute Gasteiger partial charge is 0.327 e. The van der Waals surface area contributed by atoms with Gasteiger partial charge in [-0.25, -0.2) is 4.79 Å². The lowest BCUT2D eigenvalue weighted by atomic mass is 10.0. The molecular weight excluding hydrogens is 260 g/mol. The van der Waals surface area contributed by atoms with Crippen molar-refractivity contribution in [2.75, 3.05) is 0 Å². The minimum Gasteiger partial charge on any atom is -0.478 e. The Morgan fingerprint density at radius 3 is 1.52 bits per heavy atom. The van der Waals surface area contributed by atoms with E-state index in [4.69, 9.17) is 5.11 Å². The molecule has 0 aliphatic carbocycles. The number of carboxylic acid groups (broad SMARTS) is 1. The summed E-state index contributed by atoms with van der Waals surface area (Å²) in [6.07, 6.45) is 18.3. The van der Waals surface area contributed by atoms with Gasteiger partial charge in [-0.15, -0.1) is 0 Å². The largest absolute Gasteiger partial charge is 0.478 e. The van der Waals surface area contributed by atoms with E-state index in [1.807, 2.05) is 0 Å². The lowest BCUT2D eigenvalue weighted by Crippen LogP contribution is -1.87. The van der Waals surface area contributed by atoms with Gasteiger partial charge < -0.3 is 5.11 Å². The second-order valence-corrected chi connectivity index (χ2v) is 6.26. The number of hydrogen-bond donors (Lipinski definition) is 1. The molecule has 1 N–H and O–H groups in total. The first-order valence-corrected chi connectivity index (χ1v) is 8.89. The number of carboxylic acids is 1. The van der Waals surface area contributed by atoms with Crippen LogP contribution in [0.2, 0.25) is 0 Å². The van der Waals surface area contributed by atoms with Crippen LogP contribution in [0, 0.1) is 5.92 Å². The zero-order valence-electron chi connectivity index (χ0n) is 14.7. The van der Waals surface area contributed by atoms with Gasteiger partial charge in [-0.1, -0.05) is 104 Å². The molecule has 0 atom stereocenters. The van der Waals surface area contributed by atoms with Gasteiger partial charge >= 0.3 is 5.97 Å². The van der Waals surface area contributed by atoms with Crippen LogP contribution in [0.1, 0.15) is 97.8 Å². The molecule has 0 bridgehead atoms. The Morgan fingerprint density at radius 1 is 0.905 bits per heavy atom. The quantitative estimate of drug-likeness (QED) is 0.307. The average molecular weight is 299 g/mol. The molecule has 0 spiro atoms. The molecule has 0 aliphatic heterocycles. The van der Waals surface area contributed by atoms with E-state index in [2.05, 4.69) is 27.4 Å². The van der Waals surface area contributed by atoms with E-state index in [9.17, 15) is 4.79 Å². The van der Waals surface area contributed by atoms with Crippen molar-refractivity contribution < 1.29 is 9.90 Å². The first-order valence-electron chi connectivity index (χ1n) is 8.89. The van der Waals surface area contributed by atoms with Gasteiger partial charge in [0.25, 0.3) is 0 Å². The Morgan fingerprint density at radius 2 is 1.24 bits per heavy atom. The number of carbonyl (C=O) groups is 1. The summed E-state index contributed by atoms with van der Waals surface area (Å²) in [5.41, 5.74) is 0. The predicted molar refractivity (Wildman–Crippen MR) is 93.7 cm³/mol. The fourth-order valence-corrected chi connectivity index (χ4v) is 2.22. The first-order chi connectivity index (χ1) is 10.0. The van der Waals surface area contributed by atoms with Gasteiger partial charge in [-0.3, -0.25) is 0 Å². The van der Waals surface area contributed by atoms with Crippen LogP contribution in [0.4, 0.5) is 0 Å². The molecule has 0 saturated heterocycles. The first kappa shape index (κ1) is 22.5. The zero-order chi connectivity index (χ0) is 16.3. The van der Waals surface area contributed by atoms with Gasteiger partial charge in [0, 0.05) is 6.08 Å². The van der Waals surface area contributed by atoms with Gasteiger partial charge in [-0.2, -0.15) is 0 Å². The number of hydrogen-bond acceptors (Lipinski definition) is 1. The molecule has 0 unspecified atom stereocenters. The van der Waals surface area contributed by atoms with E-state index in [1.54, 1.807) is 0 Å². The molecule has 0 heterocycles. The molecule has 0 rings (SSSR count). The summed E-state index contributed by atoms with van der Waals surface area (Å²) in [5.74, 6) is -0.0800. The Balaban J connectivity index is 0. The molecule has 2 nitrogen and oxygen atoms in total. The lowest BCUT2D eigenvalue weighted by Gasteiger charge is -2.04. The highest BCUT2D eigenvalue weighted by Crippen LogP contribution is 2.13. The van der Waals surface area contributed by atoms with Crippen molar-refractivity contribution in [2.45, 2.75) is 97.8 Å². The van der Waals surface area contributed by atoms with Crippen LogP contribution in [0.25, 0.3) is 0 Å². The highest BCUT2D eigenvalue weighted by molar-refractivity contribution is 5.78. The van der Waals surface area contributed by atoms with Gasteiger partial charge in [-0.05, 0) is 5.92 Å². The van der Waals surface area contributed by atoms with Gasteiger partial charge in [0.15, 0.2) is 0 Å². The Kier molecular flexibility index (Phi) is 20.6. The third-order valence-corrected chi connectivity index (χ3v) is 3.56. The molecular formula is C19H38O2. The second kappa shape index (κ2) is 19.2. The van der Waals surface area contributed by atoms with E-state index in [1.165, 1.54) is 77.0 Å². The van der Waals surface area contributed by atoms with Crippen molar-refractivity contribution in [1.82, 2.24) is 0 Å². The molecule has 0 fully saturated rings. The maximum Gasteiger partial charge on any atom is 0.327 e. The van der Waals surface area contributed by atoms with Gasteiger partial charge in [0.2, 0.25) is 0 Å². The summed E-state index contributed by atoms with van der Waals surface area (Å²) in [4.78, 5) is 9.25. The second-order valence-electron chi connectivity index (χ2n) is 6.26. The molecule has 2 heteroatoms. The van der Waals surface area contributed by atoms with Crippen molar-refractivity contribution in [3.63, 3.8) is 0 Å². The molecule has 0 aromatic rings. The molecule has 0 aliphatic rings. The third-order valence-electron chi connectivity index (χ3n) is 3.56. The van der Waals surface area contributed by atoms with Crippen molar-refractivity contribution in [1.29, 1.82) is 0 Å². The summed E-state index contributed by atoms with van der Waals surface area (Å²) in [5, 5.41) is 7.60. The molecule has 126 valence electrons. The summed E-state index contributed by atoms with van der Waals surface area (Å²) < 4.78 is 0. The van der Waals surface area contributed by atoms with Gasteiger partial charge in [0.1, 0.15) is 0 Å². The van der Waals surface area contributed by atoms with E-state index < -0.39 is 5.97 Å². The monoisotopic (exact) mass is 298 g/mol. The number of unbranched alkanes of at least 4 members (excludes halogenated alkanes) is 10. The topological polar surface area (TPSA) is 37.3 Å². The third kappa shape index (κ3) is 28.2. The minimum atomic E-state index is -0.981. The van der Waals surface area contributed by atoms with Crippen molar-refractivity contribution in [3.8, 4) is 0 Å². The van der Waals surface area contributed by atoms with Gasteiger partial charge in [0.05, 0.1) is 0 Å². The molecule has 0 saturated carbocycles. The van der Waals surface area contributed by atoms with Crippen molar-refractivity contribution >= 4 is 5.97 Å². The summed E-state index contributed by atoms with van der Waals surface area (Å²) in [6, 6.07) is 0. The Bertz CT molecular complexity index is 222. The lowest BCUT2D eigenvalue weighted by molar-refractivity contribution is -0.131. The highest BCUT2D eigenvalue weighted by Gasteiger charge is 1.95. The van der Waals surface area contributed by atoms with Crippen LogP contribution in [0.3, 0.4) is 0 Å². The number of rotatable bonds is 13. The Hall–Kier alpha value is -0.790. The van der Waals surface area contributed by atoms with E-state index in [0.717, 1.165) is 12.0 Å². The SMILES string of the molecule is C=CC(=O)O.CCCCCCCCCCCCCC(C)C. The number of aliphatic carboxylic acids is 1. The maximum absolute atomic E-state index is 9.25. The van der Waals surface area contributed by atoms with Crippen LogP contribution < -0.4 is 0 Å². The van der Waals surface area contributed by atoms with E-state index in [0.29, 0.717) is 0 Å². The van der Waals surface area contributed by atoms with Crippen LogP contribution >= 0.6 is 0 Å². The minimum absolute atomic E-state index is 0.833. The summed E-state index contributed by atoms with van der Waals surface area (Å²) in [7, 11) is 0. The molecule has 21 heavy (non-hydrogen) atoms. The van der Waals surface area contributed by atoms with Crippen molar-refractivity contribution in [3.05, 3.63) is 12.7 Å². The standard InChI is InChI=1S/C16H34.C3H4O2/c1-4-5-6-7-8-9-10-11-12-13-14-15-16(2)3;1-2-3(4)5/h16H,4-15H2,1-3H3;2H,1H2,(H,4,5). The van der Waals surface area contributed by atoms with E-state index >= 15 is 0 Å². The normalized spacial score (nSPS) is 10.1. The van der Waals surface area contributed by atoms with Crippen LogP contribution in [-0.4, -0.2) is 11.1 Å². The van der Waals surface area contributed by atoms with Crippen molar-refractivity contribution in [2.24, 2.45) is 5.92 Å². The molecule has 0 aromatic heterocycles. The maximum atomic E-state index is 9.25. The Labute approximate surface area is 133 Å².